The van der Waals surface area contributed by atoms with Gasteiger partial charge in [0.15, 0.2) is 5.82 Å². The molecule has 1 heterocycles. The molecular formula is C12H12BrN3O. The molecule has 0 aliphatic carbocycles. The third-order valence-electron chi connectivity index (χ3n) is 2.20. The van der Waals surface area contributed by atoms with Crippen molar-refractivity contribution in [2.75, 3.05) is 5.73 Å². The first kappa shape index (κ1) is 11.9. The zero-order chi connectivity index (χ0) is 12.3. The summed E-state index contributed by atoms with van der Waals surface area (Å²) in [6.07, 6.45) is 0. The topological polar surface area (TPSA) is 61.0 Å². The summed E-state index contributed by atoms with van der Waals surface area (Å²) in [5.41, 5.74) is 6.55. The normalized spacial score (nSPS) is 10.2. The molecular weight excluding hydrogens is 282 g/mol. The highest BCUT2D eigenvalue weighted by atomic mass is 79.9. The molecule has 0 fully saturated rings. The van der Waals surface area contributed by atoms with E-state index in [9.17, 15) is 0 Å². The maximum atomic E-state index is 5.74. The SMILES string of the molecule is Cc1nc(COc2ccccc2)nc(N)c1Br. The second-order valence-corrected chi connectivity index (χ2v) is 4.32. The molecule has 2 aromatic rings. The van der Waals surface area contributed by atoms with Gasteiger partial charge in [-0.2, -0.15) is 0 Å². The van der Waals surface area contributed by atoms with Crippen LogP contribution in [-0.2, 0) is 6.61 Å². The Morgan fingerprint density at radius 3 is 2.59 bits per heavy atom. The number of hydrogen-bond acceptors (Lipinski definition) is 4. The lowest BCUT2D eigenvalue weighted by atomic mass is 10.3. The van der Waals surface area contributed by atoms with Gasteiger partial charge in [0.2, 0.25) is 0 Å². The molecule has 2 rings (SSSR count). The van der Waals surface area contributed by atoms with Gasteiger partial charge in [-0.3, -0.25) is 0 Å². The van der Waals surface area contributed by atoms with Crippen LogP contribution in [0.1, 0.15) is 11.5 Å². The Kier molecular flexibility index (Phi) is 3.58. The van der Waals surface area contributed by atoms with Crippen molar-refractivity contribution in [1.82, 2.24) is 9.97 Å². The molecule has 0 aliphatic heterocycles. The van der Waals surface area contributed by atoms with Crippen LogP contribution in [0, 0.1) is 6.92 Å². The van der Waals surface area contributed by atoms with E-state index in [1.54, 1.807) is 0 Å². The number of hydrogen-bond donors (Lipinski definition) is 1. The van der Waals surface area contributed by atoms with E-state index >= 15 is 0 Å². The predicted molar refractivity (Wildman–Crippen MR) is 69.7 cm³/mol. The quantitative estimate of drug-likeness (QED) is 0.945. The van der Waals surface area contributed by atoms with Crippen LogP contribution in [0.4, 0.5) is 5.82 Å². The first-order valence-electron chi connectivity index (χ1n) is 5.13. The number of nitrogens with zero attached hydrogens (tertiary/aromatic N) is 2. The molecule has 0 aliphatic rings. The third-order valence-corrected chi connectivity index (χ3v) is 3.18. The van der Waals surface area contributed by atoms with Gasteiger partial charge >= 0.3 is 0 Å². The molecule has 4 nitrogen and oxygen atoms in total. The fraction of sp³-hybridized carbons (Fsp3) is 0.167. The van der Waals surface area contributed by atoms with Crippen LogP contribution >= 0.6 is 15.9 Å². The molecule has 17 heavy (non-hydrogen) atoms. The molecule has 0 saturated heterocycles. The zero-order valence-electron chi connectivity index (χ0n) is 9.35. The third kappa shape index (κ3) is 2.94. The number of aromatic nitrogens is 2. The number of halogens is 1. The highest BCUT2D eigenvalue weighted by Gasteiger charge is 2.06. The fourth-order valence-corrected chi connectivity index (χ4v) is 1.55. The number of para-hydroxylation sites is 1. The van der Waals surface area contributed by atoms with Crippen LogP contribution in [0.5, 0.6) is 5.75 Å². The maximum Gasteiger partial charge on any atom is 0.168 e. The van der Waals surface area contributed by atoms with Gasteiger partial charge in [-0.05, 0) is 35.0 Å². The molecule has 0 atom stereocenters. The van der Waals surface area contributed by atoms with Gasteiger partial charge in [0.05, 0.1) is 10.2 Å². The van der Waals surface area contributed by atoms with Crippen molar-refractivity contribution in [3.8, 4) is 5.75 Å². The van der Waals surface area contributed by atoms with Crippen LogP contribution < -0.4 is 10.5 Å². The lowest BCUT2D eigenvalue weighted by Gasteiger charge is -2.07. The van der Waals surface area contributed by atoms with Gasteiger partial charge in [0, 0.05) is 0 Å². The monoisotopic (exact) mass is 293 g/mol. The van der Waals surface area contributed by atoms with E-state index in [-0.39, 0.29) is 0 Å². The average Bonchev–Trinajstić information content (AvgIpc) is 2.34. The summed E-state index contributed by atoms with van der Waals surface area (Å²) in [7, 11) is 0. The van der Waals surface area contributed by atoms with E-state index in [1.165, 1.54) is 0 Å². The summed E-state index contributed by atoms with van der Waals surface area (Å²) in [5, 5.41) is 0. The van der Waals surface area contributed by atoms with E-state index < -0.39 is 0 Å². The molecule has 0 unspecified atom stereocenters. The van der Waals surface area contributed by atoms with Crippen molar-refractivity contribution >= 4 is 21.7 Å². The molecule has 0 saturated carbocycles. The summed E-state index contributed by atoms with van der Waals surface area (Å²) < 4.78 is 6.28. The zero-order valence-corrected chi connectivity index (χ0v) is 10.9. The number of rotatable bonds is 3. The molecule has 0 spiro atoms. The highest BCUT2D eigenvalue weighted by Crippen LogP contribution is 2.20. The van der Waals surface area contributed by atoms with Crippen LogP contribution in [0.2, 0.25) is 0 Å². The molecule has 88 valence electrons. The molecule has 0 bridgehead atoms. The van der Waals surface area contributed by atoms with Crippen LogP contribution in [0.3, 0.4) is 0 Å². The number of anilines is 1. The molecule has 1 aromatic carbocycles. The smallest absolute Gasteiger partial charge is 0.168 e. The first-order chi connectivity index (χ1) is 8.16. The van der Waals surface area contributed by atoms with E-state index in [0.717, 1.165) is 15.9 Å². The average molecular weight is 294 g/mol. The van der Waals surface area contributed by atoms with Crippen LogP contribution in [-0.4, -0.2) is 9.97 Å². The number of ether oxygens (including phenoxy) is 1. The van der Waals surface area contributed by atoms with E-state index in [2.05, 4.69) is 25.9 Å². The minimum Gasteiger partial charge on any atom is -0.486 e. The first-order valence-corrected chi connectivity index (χ1v) is 5.92. The molecule has 1 aromatic heterocycles. The Bertz CT molecular complexity index is 493. The van der Waals surface area contributed by atoms with Crippen LogP contribution in [0.15, 0.2) is 34.8 Å². The number of benzene rings is 1. The van der Waals surface area contributed by atoms with Gasteiger partial charge in [0.25, 0.3) is 0 Å². The summed E-state index contributed by atoms with van der Waals surface area (Å²) in [6.45, 7) is 2.18. The maximum absolute atomic E-state index is 5.74. The van der Waals surface area contributed by atoms with Crippen molar-refractivity contribution in [3.63, 3.8) is 0 Å². The Hall–Kier alpha value is -1.62. The summed E-state index contributed by atoms with van der Waals surface area (Å²) >= 11 is 3.32. The Labute approximate surface area is 108 Å². The molecule has 0 radical (unpaired) electrons. The minimum atomic E-state index is 0.308. The van der Waals surface area contributed by atoms with Crippen molar-refractivity contribution in [2.24, 2.45) is 0 Å². The number of aryl methyl sites for hydroxylation is 1. The summed E-state index contributed by atoms with van der Waals surface area (Å²) in [4.78, 5) is 8.43. The molecule has 5 heteroatoms. The number of nitrogen functional groups attached to an aromatic ring is 1. The Morgan fingerprint density at radius 2 is 1.94 bits per heavy atom. The van der Waals surface area contributed by atoms with Crippen LogP contribution in [0.25, 0.3) is 0 Å². The van der Waals surface area contributed by atoms with Crippen molar-refractivity contribution < 1.29 is 4.74 Å². The second kappa shape index (κ2) is 5.14. The minimum absolute atomic E-state index is 0.308. The lowest BCUT2D eigenvalue weighted by Crippen LogP contribution is -2.06. The summed E-state index contributed by atoms with van der Waals surface area (Å²) in [6, 6.07) is 9.53. The molecule has 0 amide bonds. The van der Waals surface area contributed by atoms with Gasteiger partial charge in [0.1, 0.15) is 18.2 Å². The van der Waals surface area contributed by atoms with E-state index in [4.69, 9.17) is 10.5 Å². The van der Waals surface area contributed by atoms with Gasteiger partial charge < -0.3 is 10.5 Å². The van der Waals surface area contributed by atoms with E-state index in [0.29, 0.717) is 18.2 Å². The van der Waals surface area contributed by atoms with Gasteiger partial charge in [-0.1, -0.05) is 18.2 Å². The highest BCUT2D eigenvalue weighted by molar-refractivity contribution is 9.10. The van der Waals surface area contributed by atoms with E-state index in [1.807, 2.05) is 37.3 Å². The second-order valence-electron chi connectivity index (χ2n) is 3.53. The molecule has 2 N–H and O–H groups in total. The van der Waals surface area contributed by atoms with Crippen molar-refractivity contribution in [2.45, 2.75) is 13.5 Å². The standard InChI is InChI=1S/C12H12BrN3O/c1-8-11(13)12(14)16-10(15-8)7-17-9-5-3-2-4-6-9/h2-6H,7H2,1H3,(H2,14,15,16). The predicted octanol–water partition coefficient (Wildman–Crippen LogP) is 2.71. The Balaban J connectivity index is 2.10. The Morgan fingerprint density at radius 1 is 1.24 bits per heavy atom. The largest absolute Gasteiger partial charge is 0.486 e. The van der Waals surface area contributed by atoms with Gasteiger partial charge in [-0.25, -0.2) is 9.97 Å². The van der Waals surface area contributed by atoms with Gasteiger partial charge in [-0.15, -0.1) is 0 Å². The number of nitrogens with two attached hydrogens (primary N) is 1. The van der Waals surface area contributed by atoms with Crippen molar-refractivity contribution in [3.05, 3.63) is 46.3 Å². The lowest BCUT2D eigenvalue weighted by molar-refractivity contribution is 0.295. The fourth-order valence-electron chi connectivity index (χ4n) is 1.37. The summed E-state index contributed by atoms with van der Waals surface area (Å²) in [5.74, 6) is 1.80. The van der Waals surface area contributed by atoms with Crippen molar-refractivity contribution in [1.29, 1.82) is 0 Å².